The fourth-order valence-corrected chi connectivity index (χ4v) is 0.408. The van der Waals surface area contributed by atoms with Crippen molar-refractivity contribution in [3.05, 3.63) is 12.3 Å². The molecule has 0 amide bonds. The molecule has 0 atom stereocenters. The monoisotopic (exact) mass is 233 g/mol. The largest absolute Gasteiger partial charge is 0.481 e. The average Bonchev–Trinajstić information content (AvgIpc) is 1.58. The van der Waals surface area contributed by atoms with Gasteiger partial charge < -0.3 is 9.84 Å². The number of carbonyl (C=O) groups is 2. The molecule has 0 bridgehead atoms. The maximum atomic E-state index is 10.2. The van der Waals surface area contributed by atoms with Crippen LogP contribution in [0.15, 0.2) is 12.3 Å². The predicted octanol–water partition coefficient (Wildman–Crippen LogP) is 0.535. The minimum atomic E-state index is -1.06. The Morgan fingerprint density at radius 2 is 2.00 bits per heavy atom. The van der Waals surface area contributed by atoms with Gasteiger partial charge in [0.1, 0.15) is 12.2 Å². The zero-order valence-corrected chi connectivity index (χ0v) is 9.00. The van der Waals surface area contributed by atoms with E-state index in [-0.39, 0.29) is 44.9 Å². The minimum Gasteiger partial charge on any atom is -0.481 e. The molecule has 1 N–H and O–H groups in total. The Morgan fingerprint density at radius 1 is 1.55 bits per heavy atom. The van der Waals surface area contributed by atoms with E-state index in [0.29, 0.717) is 0 Å². The molecule has 59 valence electrons. The molecule has 0 spiro atoms. The molecule has 0 aromatic rings. The third-order valence-electron chi connectivity index (χ3n) is 0.636. The maximum absolute atomic E-state index is 10.2. The topological polar surface area (TPSA) is 63.6 Å². The average molecular weight is 233 g/mol. The summed E-state index contributed by atoms with van der Waals surface area (Å²) in [6, 6.07) is 0. The molecule has 0 aliphatic rings. The Bertz CT molecular complexity index is 157. The van der Waals surface area contributed by atoms with Gasteiger partial charge in [-0.2, -0.15) is 0 Å². The molecule has 0 aliphatic carbocycles. The second-order valence-electron chi connectivity index (χ2n) is 1.70. The number of hydrogen-bond acceptors (Lipinski definition) is 3. The van der Waals surface area contributed by atoms with Crippen molar-refractivity contribution in [1.29, 1.82) is 0 Å². The third-order valence-corrected chi connectivity index (χ3v) is 0.636. The molecule has 4 nitrogen and oxygen atoms in total. The Labute approximate surface area is 89.5 Å². The number of carboxylic acid groups (broad SMARTS) is 1. The van der Waals surface area contributed by atoms with Crippen LogP contribution in [0.3, 0.4) is 0 Å². The smallest absolute Gasteiger partial charge is 0.311 e. The molecule has 5 heteroatoms. The van der Waals surface area contributed by atoms with Crippen molar-refractivity contribution in [2.24, 2.45) is 0 Å². The molecule has 0 aromatic carbocycles. The fraction of sp³-hybridized carbons (Fsp3) is 0.333. The summed E-state index contributed by atoms with van der Waals surface area (Å²) in [5, 5.41) is 8.14. The van der Waals surface area contributed by atoms with Gasteiger partial charge in [0.25, 0.3) is 0 Å². The van der Waals surface area contributed by atoms with Crippen molar-refractivity contribution in [2.75, 3.05) is 0 Å². The summed E-state index contributed by atoms with van der Waals surface area (Å²) < 4.78 is 4.35. The number of aliphatic carboxylic acids is 1. The minimum absolute atomic E-state index is 0. The van der Waals surface area contributed by atoms with Gasteiger partial charge in [-0.25, -0.2) is 0 Å². The van der Waals surface area contributed by atoms with Gasteiger partial charge in [-0.1, -0.05) is 6.58 Å². The van der Waals surface area contributed by atoms with Crippen molar-refractivity contribution in [3.8, 4) is 0 Å². The molecular weight excluding hydrogens is 225 g/mol. The number of rotatable bonds is 3. The molecule has 1 radical (unpaired) electrons. The van der Waals surface area contributed by atoms with Gasteiger partial charge in [-0.15, -0.1) is 0 Å². The number of carbonyl (C=O) groups excluding carboxylic acids is 1. The third kappa shape index (κ3) is 9.78. The van der Waals surface area contributed by atoms with Gasteiger partial charge in [0.2, 0.25) is 0 Å². The van der Waals surface area contributed by atoms with Crippen LogP contribution in [0.4, 0.5) is 0 Å². The zero-order valence-electron chi connectivity index (χ0n) is 6.16. The van der Waals surface area contributed by atoms with Crippen LogP contribution in [0.1, 0.15) is 13.3 Å². The van der Waals surface area contributed by atoms with Crippen LogP contribution < -0.4 is 0 Å². The predicted molar refractivity (Wildman–Crippen MR) is 33.2 cm³/mol. The van der Waals surface area contributed by atoms with Gasteiger partial charge in [-0.05, 0) is 0 Å². The molecule has 0 aromatic heterocycles. The summed E-state index contributed by atoms with van der Waals surface area (Å²) in [7, 11) is 0. The molecule has 0 rings (SSSR count). The molecule has 11 heavy (non-hydrogen) atoms. The normalized spacial score (nSPS) is 7.73. The Balaban J connectivity index is 0. The number of hydrogen-bond donors (Lipinski definition) is 1. The van der Waals surface area contributed by atoms with E-state index in [1.54, 1.807) is 0 Å². The van der Waals surface area contributed by atoms with Crippen LogP contribution in [0.2, 0.25) is 0 Å². The van der Waals surface area contributed by atoms with Crippen LogP contribution in [-0.4, -0.2) is 17.0 Å². The SMILES string of the molecule is C=C(CC(=O)O)OC(C)=O.[Y]. The summed E-state index contributed by atoms with van der Waals surface area (Å²) in [5.74, 6) is -1.66. The number of carboxylic acids is 1. The summed E-state index contributed by atoms with van der Waals surface area (Å²) in [6.45, 7) is 4.40. The molecule has 0 unspecified atom stereocenters. The summed E-state index contributed by atoms with van der Waals surface area (Å²) >= 11 is 0. The first-order valence-electron chi connectivity index (χ1n) is 2.60. The first kappa shape index (κ1) is 13.4. The maximum Gasteiger partial charge on any atom is 0.311 e. The second-order valence-corrected chi connectivity index (χ2v) is 1.70. The van der Waals surface area contributed by atoms with E-state index < -0.39 is 11.9 Å². The fourth-order valence-electron chi connectivity index (χ4n) is 0.408. The van der Waals surface area contributed by atoms with E-state index in [1.807, 2.05) is 0 Å². The molecule has 0 fully saturated rings. The Kier molecular flexibility index (Phi) is 7.90. The van der Waals surface area contributed by atoms with Crippen LogP contribution >= 0.6 is 0 Å². The van der Waals surface area contributed by atoms with E-state index in [4.69, 9.17) is 5.11 Å². The van der Waals surface area contributed by atoms with E-state index in [9.17, 15) is 9.59 Å². The van der Waals surface area contributed by atoms with Crippen LogP contribution in [-0.2, 0) is 47.0 Å². The molecule has 0 aliphatic heterocycles. The zero-order chi connectivity index (χ0) is 8.15. The summed E-state index contributed by atoms with van der Waals surface area (Å²) in [4.78, 5) is 20.1. The first-order valence-corrected chi connectivity index (χ1v) is 2.60. The quantitative estimate of drug-likeness (QED) is 0.570. The number of ether oxygens (including phenoxy) is 1. The van der Waals surface area contributed by atoms with E-state index in [2.05, 4.69) is 11.3 Å². The van der Waals surface area contributed by atoms with Gasteiger partial charge in [-0.3, -0.25) is 9.59 Å². The van der Waals surface area contributed by atoms with Gasteiger partial charge >= 0.3 is 11.9 Å². The van der Waals surface area contributed by atoms with Gasteiger partial charge in [0.15, 0.2) is 0 Å². The van der Waals surface area contributed by atoms with Crippen molar-refractivity contribution in [1.82, 2.24) is 0 Å². The van der Waals surface area contributed by atoms with Crippen LogP contribution in [0, 0.1) is 0 Å². The van der Waals surface area contributed by atoms with Crippen molar-refractivity contribution < 1.29 is 52.1 Å². The van der Waals surface area contributed by atoms with E-state index in [1.165, 1.54) is 6.92 Å². The molecule has 0 saturated heterocycles. The van der Waals surface area contributed by atoms with Gasteiger partial charge in [0.05, 0.1) is 0 Å². The van der Waals surface area contributed by atoms with E-state index >= 15 is 0 Å². The van der Waals surface area contributed by atoms with Crippen molar-refractivity contribution in [2.45, 2.75) is 13.3 Å². The Hall–Kier alpha value is -0.216. The molecule has 0 heterocycles. The van der Waals surface area contributed by atoms with Crippen LogP contribution in [0.5, 0.6) is 0 Å². The number of esters is 1. The van der Waals surface area contributed by atoms with Crippen LogP contribution in [0.25, 0.3) is 0 Å². The standard InChI is InChI=1S/C6H8O4.Y/c1-4(3-6(8)9)10-5(2)7;/h1,3H2,2H3,(H,8,9);. The van der Waals surface area contributed by atoms with Gasteiger partial charge in [0, 0.05) is 39.6 Å². The first-order chi connectivity index (χ1) is 4.52. The second kappa shape index (κ2) is 6.49. The summed E-state index contributed by atoms with van der Waals surface area (Å²) in [6.07, 6.45) is -0.334. The van der Waals surface area contributed by atoms with Crippen molar-refractivity contribution in [3.63, 3.8) is 0 Å². The summed E-state index contributed by atoms with van der Waals surface area (Å²) in [5.41, 5.74) is 0. The Morgan fingerprint density at radius 3 is 2.27 bits per heavy atom. The van der Waals surface area contributed by atoms with E-state index in [0.717, 1.165) is 0 Å². The molecular formula is C6H8O4Y. The van der Waals surface area contributed by atoms with Crippen molar-refractivity contribution >= 4 is 11.9 Å². The molecule has 0 saturated carbocycles.